The molecular weight excluding hydrogens is 470 g/mol. The van der Waals surface area contributed by atoms with Gasteiger partial charge in [-0.15, -0.1) is 0 Å². The van der Waals surface area contributed by atoms with E-state index in [-0.39, 0.29) is 12.3 Å². The molecule has 0 spiro atoms. The molecule has 2 aromatic carbocycles. The Labute approximate surface area is 174 Å². The number of nitrogens with zero attached hydrogens (tertiary/aromatic N) is 3. The molecule has 0 bridgehead atoms. The molecule has 2 aliphatic rings. The van der Waals surface area contributed by atoms with E-state index in [4.69, 9.17) is 9.84 Å². The largest absolute Gasteiger partial charge is 0.463 e. The van der Waals surface area contributed by atoms with Gasteiger partial charge in [-0.1, -0.05) is 52.3 Å². The topological polar surface area (TPSA) is 37.7 Å². The van der Waals surface area contributed by atoms with E-state index >= 15 is 0 Å². The van der Waals surface area contributed by atoms with Crippen molar-refractivity contribution in [1.29, 1.82) is 0 Å². The molecule has 1 aromatic heterocycles. The van der Waals surface area contributed by atoms with Gasteiger partial charge in [0.15, 0.2) is 0 Å². The van der Waals surface area contributed by atoms with Crippen LogP contribution in [-0.2, 0) is 0 Å². The third kappa shape index (κ3) is 2.97. The van der Waals surface area contributed by atoms with Gasteiger partial charge in [-0.25, -0.2) is 5.01 Å². The Morgan fingerprint density at radius 2 is 1.89 bits per heavy atom. The maximum absolute atomic E-state index is 6.41. The average Bonchev–Trinajstić information content (AvgIpc) is 3.15. The third-order valence-electron chi connectivity index (χ3n) is 4.88. The number of hydrazone groups is 1. The molecule has 2 aliphatic heterocycles. The second kappa shape index (κ2) is 6.77. The lowest BCUT2D eigenvalue weighted by Gasteiger charge is -2.38. The highest BCUT2D eigenvalue weighted by Crippen LogP contribution is 2.50. The van der Waals surface area contributed by atoms with Crippen molar-refractivity contribution in [3.63, 3.8) is 0 Å². The molecule has 0 fully saturated rings. The molecule has 2 atom stereocenters. The second-order valence-corrected chi connectivity index (χ2v) is 8.35. The van der Waals surface area contributed by atoms with Gasteiger partial charge in [0.1, 0.15) is 5.75 Å². The highest BCUT2D eigenvalue weighted by molar-refractivity contribution is 9.11. The lowest BCUT2D eigenvalue weighted by molar-refractivity contribution is -0.0199. The number of aromatic nitrogens is 1. The van der Waals surface area contributed by atoms with E-state index in [9.17, 15) is 0 Å². The Balaban J connectivity index is 1.64. The summed E-state index contributed by atoms with van der Waals surface area (Å²) in [5, 5.41) is 7.03. The summed E-state index contributed by atoms with van der Waals surface area (Å²) in [7, 11) is 0. The highest BCUT2D eigenvalue weighted by Gasteiger charge is 2.42. The number of hydrogen-bond acceptors (Lipinski definition) is 4. The maximum Gasteiger partial charge on any atom is 0.215 e. The fraction of sp³-hybridized carbons (Fsp3) is 0.143. The normalized spacial score (nSPS) is 20.5. The van der Waals surface area contributed by atoms with Crippen molar-refractivity contribution >= 4 is 37.6 Å². The summed E-state index contributed by atoms with van der Waals surface area (Å²) in [6.45, 7) is 0. The van der Waals surface area contributed by atoms with Crippen molar-refractivity contribution in [1.82, 2.24) is 9.99 Å². The molecule has 3 aromatic rings. The van der Waals surface area contributed by atoms with Crippen molar-refractivity contribution in [3.8, 4) is 5.75 Å². The van der Waals surface area contributed by atoms with Crippen LogP contribution in [0.15, 0.2) is 81.0 Å². The van der Waals surface area contributed by atoms with Gasteiger partial charge in [0.25, 0.3) is 0 Å². The summed E-state index contributed by atoms with van der Waals surface area (Å²) < 4.78 is 8.37. The van der Waals surface area contributed by atoms with Crippen LogP contribution in [0.25, 0.3) is 0 Å². The number of hydrogen-bond donors (Lipinski definition) is 0. The molecule has 0 N–H and O–H groups in total. The summed E-state index contributed by atoms with van der Waals surface area (Å²) in [6, 6.07) is 18.5. The first-order valence-electron chi connectivity index (χ1n) is 8.67. The fourth-order valence-electron chi connectivity index (χ4n) is 3.66. The standard InChI is InChI=1S/C21H15Br2N3O/c22-15-9-16-19-11-18(13-5-2-1-3-6-13)25-26(19)21(14-7-4-8-24-12-14)27-20(16)17(23)10-15/h1-10,12,19,21H,11H2/t19-,21-/m0/s1. The molecule has 134 valence electrons. The van der Waals surface area contributed by atoms with Crippen molar-refractivity contribution in [2.24, 2.45) is 5.10 Å². The number of rotatable bonds is 2. The molecule has 5 rings (SSSR count). The van der Waals surface area contributed by atoms with E-state index in [2.05, 4.69) is 60.1 Å². The second-order valence-electron chi connectivity index (χ2n) is 6.58. The molecule has 0 saturated heterocycles. The number of ether oxygens (including phenoxy) is 1. The lowest BCUT2D eigenvalue weighted by Crippen LogP contribution is -2.34. The zero-order valence-electron chi connectivity index (χ0n) is 14.2. The Kier molecular flexibility index (Phi) is 4.25. The molecule has 6 heteroatoms. The van der Waals surface area contributed by atoms with Crippen LogP contribution in [-0.4, -0.2) is 15.7 Å². The predicted octanol–water partition coefficient (Wildman–Crippen LogP) is 5.85. The molecule has 0 saturated carbocycles. The van der Waals surface area contributed by atoms with Gasteiger partial charge < -0.3 is 4.74 Å². The van der Waals surface area contributed by atoms with Crippen LogP contribution in [0, 0.1) is 0 Å². The summed E-state index contributed by atoms with van der Waals surface area (Å²) in [5.41, 5.74) is 4.33. The van der Waals surface area contributed by atoms with Crippen LogP contribution in [0.5, 0.6) is 5.75 Å². The zero-order chi connectivity index (χ0) is 18.4. The summed E-state index contributed by atoms with van der Waals surface area (Å²) in [5.74, 6) is 0.873. The van der Waals surface area contributed by atoms with Gasteiger partial charge >= 0.3 is 0 Å². The van der Waals surface area contributed by atoms with E-state index in [1.54, 1.807) is 6.20 Å². The molecule has 0 unspecified atom stereocenters. The van der Waals surface area contributed by atoms with Crippen LogP contribution in [0.4, 0.5) is 0 Å². The van der Waals surface area contributed by atoms with E-state index in [0.29, 0.717) is 0 Å². The van der Waals surface area contributed by atoms with Crippen LogP contribution in [0.1, 0.15) is 35.4 Å². The quantitative estimate of drug-likeness (QED) is 0.458. The van der Waals surface area contributed by atoms with Gasteiger partial charge in [-0.3, -0.25) is 4.98 Å². The SMILES string of the molecule is Brc1cc(Br)c2c(c1)[C@@H]1CC(c3ccccc3)=NN1[C@H](c1cccnc1)O2. The summed E-state index contributed by atoms with van der Waals surface area (Å²) >= 11 is 7.27. The molecule has 0 aliphatic carbocycles. The van der Waals surface area contributed by atoms with Crippen molar-refractivity contribution in [2.75, 3.05) is 0 Å². The Morgan fingerprint density at radius 3 is 2.67 bits per heavy atom. The van der Waals surface area contributed by atoms with Gasteiger partial charge in [-0.05, 0) is 39.7 Å². The van der Waals surface area contributed by atoms with Crippen LogP contribution in [0.3, 0.4) is 0 Å². The fourth-order valence-corrected chi connectivity index (χ4v) is 5.01. The van der Waals surface area contributed by atoms with E-state index < -0.39 is 0 Å². The number of halogens is 2. The van der Waals surface area contributed by atoms with Gasteiger partial charge in [0.05, 0.1) is 16.2 Å². The number of pyridine rings is 1. The lowest BCUT2D eigenvalue weighted by atomic mass is 9.96. The van der Waals surface area contributed by atoms with Gasteiger partial charge in [0.2, 0.25) is 6.23 Å². The average molecular weight is 485 g/mol. The molecule has 4 nitrogen and oxygen atoms in total. The van der Waals surface area contributed by atoms with E-state index in [0.717, 1.165) is 43.5 Å². The van der Waals surface area contributed by atoms with Crippen molar-refractivity contribution in [2.45, 2.75) is 18.7 Å². The highest BCUT2D eigenvalue weighted by atomic mass is 79.9. The monoisotopic (exact) mass is 483 g/mol. The van der Waals surface area contributed by atoms with Crippen molar-refractivity contribution in [3.05, 3.63) is 92.6 Å². The minimum atomic E-state index is -0.310. The molecule has 3 heterocycles. The molecular formula is C21H15Br2N3O. The van der Waals surface area contributed by atoms with E-state index in [1.165, 1.54) is 0 Å². The smallest absolute Gasteiger partial charge is 0.215 e. The first kappa shape index (κ1) is 17.0. The predicted molar refractivity (Wildman–Crippen MR) is 112 cm³/mol. The first-order valence-corrected chi connectivity index (χ1v) is 10.3. The Hall–Kier alpha value is -2.18. The van der Waals surface area contributed by atoms with Crippen LogP contribution in [0.2, 0.25) is 0 Å². The van der Waals surface area contributed by atoms with Gasteiger partial charge in [0, 0.05) is 34.4 Å². The number of benzene rings is 2. The van der Waals surface area contributed by atoms with Gasteiger partial charge in [-0.2, -0.15) is 5.10 Å². The van der Waals surface area contributed by atoms with Crippen molar-refractivity contribution < 1.29 is 4.74 Å². The molecule has 0 radical (unpaired) electrons. The first-order chi connectivity index (χ1) is 13.2. The Bertz CT molecular complexity index is 1020. The minimum absolute atomic E-state index is 0.114. The minimum Gasteiger partial charge on any atom is -0.463 e. The number of fused-ring (bicyclic) bond motifs is 3. The Morgan fingerprint density at radius 1 is 1.04 bits per heavy atom. The van der Waals surface area contributed by atoms with Crippen LogP contribution < -0.4 is 4.74 Å². The third-order valence-corrected chi connectivity index (χ3v) is 5.93. The summed E-state index contributed by atoms with van der Waals surface area (Å²) in [4.78, 5) is 4.27. The zero-order valence-corrected chi connectivity index (χ0v) is 17.4. The van der Waals surface area contributed by atoms with Crippen LogP contribution >= 0.6 is 31.9 Å². The van der Waals surface area contributed by atoms with E-state index in [1.807, 2.05) is 42.6 Å². The molecule has 27 heavy (non-hydrogen) atoms. The summed E-state index contributed by atoms with van der Waals surface area (Å²) in [6.07, 6.45) is 4.14. The molecule has 0 amide bonds. The maximum atomic E-state index is 6.41.